The number of aryl methyl sites for hydroxylation is 1. The van der Waals surface area contributed by atoms with Gasteiger partial charge in [-0.25, -0.2) is 4.98 Å². The van der Waals surface area contributed by atoms with Gasteiger partial charge in [-0.3, -0.25) is 9.89 Å². The van der Waals surface area contributed by atoms with Crippen molar-refractivity contribution in [3.63, 3.8) is 0 Å². The van der Waals surface area contributed by atoms with Gasteiger partial charge in [-0.1, -0.05) is 11.6 Å². The van der Waals surface area contributed by atoms with Crippen LogP contribution in [0.4, 0.5) is 0 Å². The number of hydrogen-bond acceptors (Lipinski definition) is 5. The van der Waals surface area contributed by atoms with Crippen LogP contribution >= 0.6 is 34.3 Å². The molecule has 0 radical (unpaired) electrons. The molecule has 1 fully saturated rings. The first-order valence-electron chi connectivity index (χ1n) is 9.33. The van der Waals surface area contributed by atoms with Gasteiger partial charge in [0.2, 0.25) is 0 Å². The van der Waals surface area contributed by atoms with Crippen molar-refractivity contribution in [2.45, 2.75) is 32.9 Å². The fourth-order valence-corrected chi connectivity index (χ4v) is 5.17. The fourth-order valence-electron chi connectivity index (χ4n) is 3.42. The normalized spacial score (nSPS) is 16.7. The minimum absolute atomic E-state index is 0.694. The monoisotopic (exact) mass is 425 g/mol. The summed E-state index contributed by atoms with van der Waals surface area (Å²) in [6.07, 6.45) is 2.44. The number of thiophene rings is 1. The van der Waals surface area contributed by atoms with Crippen LogP contribution in [-0.2, 0) is 13.1 Å². The topological polar surface area (TPSA) is 43.8 Å². The maximum atomic E-state index is 6.03. The van der Waals surface area contributed by atoms with Gasteiger partial charge in [-0.2, -0.15) is 0 Å². The summed E-state index contributed by atoms with van der Waals surface area (Å²) >= 11 is 9.39. The largest absolute Gasteiger partial charge is 0.356 e. The van der Waals surface area contributed by atoms with Gasteiger partial charge in [0.05, 0.1) is 21.6 Å². The fraction of sp³-hybridized carbons (Fsp3) is 0.579. The summed E-state index contributed by atoms with van der Waals surface area (Å²) in [4.78, 5) is 14.9. The molecule has 3 rings (SSSR count). The van der Waals surface area contributed by atoms with E-state index in [1.165, 1.54) is 23.4 Å². The number of halogens is 1. The van der Waals surface area contributed by atoms with Crippen molar-refractivity contribution in [1.29, 1.82) is 0 Å². The van der Waals surface area contributed by atoms with Gasteiger partial charge in [0, 0.05) is 37.4 Å². The molecule has 1 aliphatic rings. The molecule has 5 nitrogen and oxygen atoms in total. The summed E-state index contributed by atoms with van der Waals surface area (Å²) < 4.78 is 0.834. The van der Waals surface area contributed by atoms with E-state index in [0.717, 1.165) is 48.0 Å². The zero-order valence-corrected chi connectivity index (χ0v) is 18.6. The van der Waals surface area contributed by atoms with Crippen LogP contribution < -0.4 is 5.32 Å². The average Bonchev–Trinajstić information content (AvgIpc) is 3.25. The number of hydrogen-bond donors (Lipinski definition) is 1. The van der Waals surface area contributed by atoms with E-state index in [9.17, 15) is 0 Å². The third-order valence-corrected chi connectivity index (χ3v) is 6.94. The van der Waals surface area contributed by atoms with E-state index in [-0.39, 0.29) is 0 Å². The second kappa shape index (κ2) is 9.87. The van der Waals surface area contributed by atoms with Crippen LogP contribution in [0.1, 0.15) is 28.4 Å². The second-order valence-corrected chi connectivity index (χ2v) is 9.93. The highest BCUT2D eigenvalue weighted by Gasteiger charge is 2.20. The molecule has 8 heteroatoms. The van der Waals surface area contributed by atoms with Crippen LogP contribution in [0.2, 0.25) is 4.34 Å². The van der Waals surface area contributed by atoms with Gasteiger partial charge in [0.15, 0.2) is 5.96 Å². The molecule has 1 aliphatic heterocycles. The van der Waals surface area contributed by atoms with E-state index in [1.54, 1.807) is 22.7 Å². The Morgan fingerprint density at radius 3 is 2.78 bits per heavy atom. The maximum absolute atomic E-state index is 6.03. The molecular weight excluding hydrogens is 398 g/mol. The van der Waals surface area contributed by atoms with E-state index in [4.69, 9.17) is 11.6 Å². The van der Waals surface area contributed by atoms with Gasteiger partial charge in [-0.05, 0) is 50.9 Å². The smallest absolute Gasteiger partial charge is 0.193 e. The predicted octanol–water partition coefficient (Wildman–Crippen LogP) is 4.09. The lowest BCUT2D eigenvalue weighted by atomic mass is 9.97. The number of nitrogens with one attached hydrogen (secondary N) is 1. The Labute approximate surface area is 175 Å². The Kier molecular flexibility index (Phi) is 7.52. The van der Waals surface area contributed by atoms with E-state index in [2.05, 4.69) is 50.5 Å². The van der Waals surface area contributed by atoms with Crippen molar-refractivity contribution in [3.8, 4) is 0 Å². The van der Waals surface area contributed by atoms with Crippen LogP contribution in [0.5, 0.6) is 0 Å². The number of aromatic nitrogens is 1. The lowest BCUT2D eigenvalue weighted by Gasteiger charge is -2.32. The summed E-state index contributed by atoms with van der Waals surface area (Å²) in [5.41, 5.74) is 1.21. The van der Waals surface area contributed by atoms with Crippen LogP contribution in [0.3, 0.4) is 0 Å². The van der Waals surface area contributed by atoms with Gasteiger partial charge in [-0.15, -0.1) is 22.7 Å². The van der Waals surface area contributed by atoms with Crippen LogP contribution in [0.15, 0.2) is 22.5 Å². The summed E-state index contributed by atoms with van der Waals surface area (Å²) in [5, 5.41) is 6.89. The molecule has 2 aromatic heterocycles. The molecule has 3 heterocycles. The number of aliphatic imine (C=N–C) groups is 1. The highest BCUT2D eigenvalue weighted by molar-refractivity contribution is 7.16. The van der Waals surface area contributed by atoms with Crippen molar-refractivity contribution < 1.29 is 0 Å². The minimum atomic E-state index is 0.694. The first-order valence-corrected chi connectivity index (χ1v) is 11.4. The molecule has 0 bridgehead atoms. The highest BCUT2D eigenvalue weighted by atomic mass is 35.5. The van der Waals surface area contributed by atoms with Crippen molar-refractivity contribution in [1.82, 2.24) is 20.1 Å². The number of rotatable bonds is 6. The third kappa shape index (κ3) is 6.17. The quantitative estimate of drug-likeness (QED) is 0.559. The van der Waals surface area contributed by atoms with Crippen molar-refractivity contribution >= 4 is 40.2 Å². The van der Waals surface area contributed by atoms with Crippen LogP contribution in [-0.4, -0.2) is 54.5 Å². The molecule has 27 heavy (non-hydrogen) atoms. The molecule has 0 spiro atoms. The van der Waals surface area contributed by atoms with E-state index in [1.807, 2.05) is 13.1 Å². The SMILES string of the molecule is CN=C(NCC1CCN(Cc2csc(C)n2)CC1)N(C)Cc1ccc(Cl)s1. The highest BCUT2D eigenvalue weighted by Crippen LogP contribution is 2.23. The molecule has 0 atom stereocenters. The molecule has 0 saturated carbocycles. The van der Waals surface area contributed by atoms with E-state index < -0.39 is 0 Å². The summed E-state index contributed by atoms with van der Waals surface area (Å²) in [6.45, 7) is 7.14. The zero-order valence-electron chi connectivity index (χ0n) is 16.2. The minimum Gasteiger partial charge on any atom is -0.356 e. The van der Waals surface area contributed by atoms with Gasteiger partial charge in [0.25, 0.3) is 0 Å². The molecule has 0 aliphatic carbocycles. The molecular formula is C19H28ClN5S2. The van der Waals surface area contributed by atoms with Crippen LogP contribution in [0, 0.1) is 12.8 Å². The molecule has 1 N–H and O–H groups in total. The summed E-state index contributed by atoms with van der Waals surface area (Å²) in [7, 11) is 3.92. The molecule has 2 aromatic rings. The van der Waals surface area contributed by atoms with Crippen molar-refractivity contribution in [3.05, 3.63) is 37.4 Å². The second-order valence-electron chi connectivity index (χ2n) is 7.07. The number of likely N-dealkylation sites (tertiary alicyclic amines) is 1. The van der Waals surface area contributed by atoms with Gasteiger partial charge in [0.1, 0.15) is 0 Å². The van der Waals surface area contributed by atoms with Crippen molar-refractivity contribution in [2.24, 2.45) is 10.9 Å². The Balaban J connectivity index is 1.40. The number of piperidine rings is 1. The average molecular weight is 426 g/mol. The Hall–Kier alpha value is -1.15. The molecule has 0 amide bonds. The molecule has 0 aromatic carbocycles. The van der Waals surface area contributed by atoms with Crippen LogP contribution in [0.25, 0.3) is 0 Å². The Bertz CT molecular complexity index is 749. The van der Waals surface area contributed by atoms with Crippen molar-refractivity contribution in [2.75, 3.05) is 33.7 Å². The first-order chi connectivity index (χ1) is 13.0. The standard InChI is InChI=1S/C19H28ClN5S2/c1-14-23-16(13-26-14)11-25-8-6-15(7-9-25)10-22-19(21-2)24(3)12-17-4-5-18(20)27-17/h4-5,13,15H,6-12H2,1-3H3,(H,21,22). The van der Waals surface area contributed by atoms with Gasteiger partial charge >= 0.3 is 0 Å². The van der Waals surface area contributed by atoms with E-state index >= 15 is 0 Å². The third-order valence-electron chi connectivity index (χ3n) is 4.90. The molecule has 0 unspecified atom stereocenters. The Morgan fingerprint density at radius 1 is 1.41 bits per heavy atom. The Morgan fingerprint density at radius 2 is 2.19 bits per heavy atom. The maximum Gasteiger partial charge on any atom is 0.193 e. The lowest BCUT2D eigenvalue weighted by Crippen LogP contribution is -2.43. The zero-order chi connectivity index (χ0) is 19.2. The molecule has 1 saturated heterocycles. The number of thiazole rings is 1. The summed E-state index contributed by atoms with van der Waals surface area (Å²) in [5.74, 6) is 1.64. The first kappa shape index (κ1) is 20.6. The summed E-state index contributed by atoms with van der Waals surface area (Å²) in [6, 6.07) is 4.03. The predicted molar refractivity (Wildman–Crippen MR) is 117 cm³/mol. The number of nitrogens with zero attached hydrogens (tertiary/aromatic N) is 4. The van der Waals surface area contributed by atoms with Gasteiger partial charge < -0.3 is 10.2 Å². The lowest BCUT2D eigenvalue weighted by molar-refractivity contribution is 0.176. The molecule has 148 valence electrons. The van der Waals surface area contributed by atoms with E-state index in [0.29, 0.717) is 5.92 Å². The number of guanidine groups is 1.